The molecular weight excluding hydrogens is 290 g/mol. The van der Waals surface area contributed by atoms with Gasteiger partial charge < -0.3 is 19.1 Å². The number of carbonyl (C=O) groups excluding carboxylic acids is 1. The molecule has 0 spiro atoms. The zero-order valence-electron chi connectivity index (χ0n) is 12.5. The molecule has 8 heteroatoms. The molecule has 1 aromatic rings. The molecule has 3 rings (SSSR count). The van der Waals surface area contributed by atoms with Crippen LogP contribution in [0.4, 0.5) is 4.79 Å². The lowest BCUT2D eigenvalue weighted by molar-refractivity contribution is 0.0417. The summed E-state index contributed by atoms with van der Waals surface area (Å²) in [5.74, 6) is 0.887. The average molecular weight is 311 g/mol. The standard InChI is InChI=1S/C13H21N5O2S/c1-16-11(14-15-12(16)21-2)10-4-3-5-18(10)13(19)17-6-8-20-9-7-17/h10H,3-9H2,1-2H3/t10-/m1/s1. The third-order valence-electron chi connectivity index (χ3n) is 4.13. The molecule has 1 atom stereocenters. The normalized spacial score (nSPS) is 22.9. The van der Waals surface area contributed by atoms with Gasteiger partial charge in [-0.2, -0.15) is 0 Å². The van der Waals surface area contributed by atoms with E-state index in [0.717, 1.165) is 30.4 Å². The minimum absolute atomic E-state index is 0.0405. The van der Waals surface area contributed by atoms with Gasteiger partial charge in [0.2, 0.25) is 0 Å². The Labute approximate surface area is 128 Å². The maximum absolute atomic E-state index is 12.7. The van der Waals surface area contributed by atoms with Gasteiger partial charge in [-0.05, 0) is 19.1 Å². The number of likely N-dealkylation sites (tertiary alicyclic amines) is 1. The number of amides is 2. The van der Waals surface area contributed by atoms with E-state index in [2.05, 4.69) is 10.2 Å². The van der Waals surface area contributed by atoms with Crippen LogP contribution in [0.15, 0.2) is 5.16 Å². The summed E-state index contributed by atoms with van der Waals surface area (Å²) < 4.78 is 7.32. The second-order valence-electron chi connectivity index (χ2n) is 5.34. The molecule has 0 aliphatic carbocycles. The molecular formula is C13H21N5O2S. The van der Waals surface area contributed by atoms with Crippen LogP contribution in [0.1, 0.15) is 24.7 Å². The fourth-order valence-corrected chi connectivity index (χ4v) is 3.48. The number of nitrogens with zero attached hydrogens (tertiary/aromatic N) is 5. The Kier molecular flexibility index (Phi) is 4.34. The van der Waals surface area contributed by atoms with Crippen LogP contribution in [0, 0.1) is 0 Å². The molecule has 2 saturated heterocycles. The minimum Gasteiger partial charge on any atom is -0.378 e. The molecule has 2 aliphatic rings. The molecule has 2 fully saturated rings. The van der Waals surface area contributed by atoms with E-state index < -0.39 is 0 Å². The fraction of sp³-hybridized carbons (Fsp3) is 0.769. The van der Waals surface area contributed by atoms with Crippen molar-refractivity contribution in [2.75, 3.05) is 39.1 Å². The molecule has 3 heterocycles. The minimum atomic E-state index is 0.0405. The van der Waals surface area contributed by atoms with Crippen molar-refractivity contribution >= 4 is 17.8 Å². The highest BCUT2D eigenvalue weighted by molar-refractivity contribution is 7.98. The van der Waals surface area contributed by atoms with E-state index >= 15 is 0 Å². The van der Waals surface area contributed by atoms with Crippen molar-refractivity contribution in [1.82, 2.24) is 24.6 Å². The smallest absolute Gasteiger partial charge is 0.320 e. The first kappa shape index (κ1) is 14.6. The van der Waals surface area contributed by atoms with Gasteiger partial charge in [0.1, 0.15) is 0 Å². The number of ether oxygens (including phenoxy) is 1. The van der Waals surface area contributed by atoms with Gasteiger partial charge in [0.05, 0.1) is 19.3 Å². The van der Waals surface area contributed by atoms with Gasteiger partial charge >= 0.3 is 6.03 Å². The second kappa shape index (κ2) is 6.23. The van der Waals surface area contributed by atoms with Crippen LogP contribution in [0.5, 0.6) is 0 Å². The summed E-state index contributed by atoms with van der Waals surface area (Å²) in [5.41, 5.74) is 0. The van der Waals surface area contributed by atoms with Crippen molar-refractivity contribution < 1.29 is 9.53 Å². The van der Waals surface area contributed by atoms with Crippen LogP contribution < -0.4 is 0 Å². The monoisotopic (exact) mass is 311 g/mol. The molecule has 0 saturated carbocycles. The molecule has 0 N–H and O–H groups in total. The molecule has 7 nitrogen and oxygen atoms in total. The van der Waals surface area contributed by atoms with Gasteiger partial charge in [-0.1, -0.05) is 11.8 Å². The lowest BCUT2D eigenvalue weighted by atomic mass is 10.2. The molecule has 0 aromatic carbocycles. The number of urea groups is 1. The maximum Gasteiger partial charge on any atom is 0.320 e. The van der Waals surface area contributed by atoms with Crippen LogP contribution >= 0.6 is 11.8 Å². The van der Waals surface area contributed by atoms with Crippen molar-refractivity contribution in [3.8, 4) is 0 Å². The number of carbonyl (C=O) groups is 1. The van der Waals surface area contributed by atoms with Gasteiger partial charge in [0, 0.05) is 26.7 Å². The molecule has 0 radical (unpaired) electrons. The Hall–Kier alpha value is -1.28. The molecule has 116 valence electrons. The topological polar surface area (TPSA) is 63.5 Å². The first-order valence-electron chi connectivity index (χ1n) is 7.29. The third-order valence-corrected chi connectivity index (χ3v) is 4.85. The number of morpholine rings is 1. The van der Waals surface area contributed by atoms with E-state index in [1.807, 2.05) is 27.7 Å². The van der Waals surface area contributed by atoms with Crippen LogP contribution in [-0.2, 0) is 11.8 Å². The average Bonchev–Trinajstić information content (AvgIpc) is 3.13. The summed E-state index contributed by atoms with van der Waals surface area (Å²) in [5, 5.41) is 9.38. The van der Waals surface area contributed by atoms with Crippen LogP contribution in [0.25, 0.3) is 0 Å². The quantitative estimate of drug-likeness (QED) is 0.766. The van der Waals surface area contributed by atoms with Crippen LogP contribution in [0.3, 0.4) is 0 Å². The Morgan fingerprint density at radius 2 is 2.05 bits per heavy atom. The predicted octanol–water partition coefficient (Wildman–Crippen LogP) is 1.13. The molecule has 0 unspecified atom stereocenters. The van der Waals surface area contributed by atoms with E-state index in [0.29, 0.717) is 26.3 Å². The van der Waals surface area contributed by atoms with Crippen molar-refractivity contribution in [2.45, 2.75) is 24.0 Å². The second-order valence-corrected chi connectivity index (χ2v) is 6.11. The molecule has 2 aliphatic heterocycles. The molecule has 21 heavy (non-hydrogen) atoms. The van der Waals surface area contributed by atoms with E-state index in [1.54, 1.807) is 11.8 Å². The van der Waals surface area contributed by atoms with Crippen LogP contribution in [-0.4, -0.2) is 69.7 Å². The highest BCUT2D eigenvalue weighted by Gasteiger charge is 2.36. The first-order valence-corrected chi connectivity index (χ1v) is 8.51. The zero-order chi connectivity index (χ0) is 14.8. The summed E-state index contributed by atoms with van der Waals surface area (Å²) in [7, 11) is 1.97. The first-order chi connectivity index (χ1) is 10.2. The van der Waals surface area contributed by atoms with Gasteiger partial charge in [0.15, 0.2) is 11.0 Å². The molecule has 2 amide bonds. The Balaban J connectivity index is 1.78. The lowest BCUT2D eigenvalue weighted by Gasteiger charge is -2.33. The highest BCUT2D eigenvalue weighted by Crippen LogP contribution is 2.32. The van der Waals surface area contributed by atoms with Gasteiger partial charge in [-0.15, -0.1) is 10.2 Å². The Morgan fingerprint density at radius 1 is 1.29 bits per heavy atom. The number of aromatic nitrogens is 3. The number of rotatable bonds is 2. The Bertz CT molecular complexity index is 515. The maximum atomic E-state index is 12.7. The van der Waals surface area contributed by atoms with Crippen molar-refractivity contribution in [3.63, 3.8) is 0 Å². The van der Waals surface area contributed by atoms with E-state index in [-0.39, 0.29) is 12.1 Å². The summed E-state index contributed by atoms with van der Waals surface area (Å²) in [6.45, 7) is 3.41. The zero-order valence-corrected chi connectivity index (χ0v) is 13.3. The van der Waals surface area contributed by atoms with Gasteiger partial charge in [0.25, 0.3) is 0 Å². The van der Waals surface area contributed by atoms with E-state index in [9.17, 15) is 4.79 Å². The van der Waals surface area contributed by atoms with E-state index in [4.69, 9.17) is 4.74 Å². The van der Waals surface area contributed by atoms with Gasteiger partial charge in [-0.3, -0.25) is 0 Å². The van der Waals surface area contributed by atoms with Crippen molar-refractivity contribution in [2.24, 2.45) is 7.05 Å². The van der Waals surface area contributed by atoms with E-state index in [1.165, 1.54) is 0 Å². The lowest BCUT2D eigenvalue weighted by Crippen LogP contribution is -2.48. The van der Waals surface area contributed by atoms with Crippen LogP contribution in [0.2, 0.25) is 0 Å². The summed E-state index contributed by atoms with van der Waals surface area (Å²) in [4.78, 5) is 16.5. The fourth-order valence-electron chi connectivity index (χ4n) is 2.99. The predicted molar refractivity (Wildman–Crippen MR) is 79.3 cm³/mol. The molecule has 0 bridgehead atoms. The number of hydrogen-bond donors (Lipinski definition) is 0. The highest BCUT2D eigenvalue weighted by atomic mass is 32.2. The summed E-state index contributed by atoms with van der Waals surface area (Å²) >= 11 is 1.57. The van der Waals surface area contributed by atoms with Gasteiger partial charge in [-0.25, -0.2) is 4.79 Å². The SMILES string of the molecule is CSc1nnc([C@H]2CCCN2C(=O)N2CCOCC2)n1C. The summed E-state index contributed by atoms with van der Waals surface area (Å²) in [6.07, 6.45) is 3.96. The largest absolute Gasteiger partial charge is 0.378 e. The number of hydrogen-bond acceptors (Lipinski definition) is 5. The molecule has 1 aromatic heterocycles. The van der Waals surface area contributed by atoms with Crippen molar-refractivity contribution in [3.05, 3.63) is 5.82 Å². The third kappa shape index (κ3) is 2.74. The Morgan fingerprint density at radius 3 is 2.71 bits per heavy atom. The van der Waals surface area contributed by atoms with Crippen molar-refractivity contribution in [1.29, 1.82) is 0 Å². The summed E-state index contributed by atoms with van der Waals surface area (Å²) in [6, 6.07) is 0.147. The number of thioether (sulfide) groups is 1.